The van der Waals surface area contributed by atoms with E-state index < -0.39 is 0 Å². The van der Waals surface area contributed by atoms with Gasteiger partial charge in [0.1, 0.15) is 4.87 Å². The van der Waals surface area contributed by atoms with Crippen LogP contribution in [0, 0.1) is 4.91 Å². The quantitative estimate of drug-likeness (QED) is 0.0502. The molecule has 0 atom stereocenters. The standard InChI is InChI=1S/C29H55N3O6/c1-27(13-7-3-4-9-17-29(35)30-18-23-37-25-21-33)15-10-11-16-28(2)14-8-5-6-12-20-32(36)31-19-24-38-26-22-34/h15-16,33-34H,3-14,17-26H2,1-2H3,(H-,30,31,35,36)/p+1. The zero-order valence-corrected chi connectivity index (χ0v) is 24.2. The number of carbonyl (C=O) groups is 1. The van der Waals surface area contributed by atoms with Crippen LogP contribution in [-0.4, -0.2) is 80.3 Å². The Hall–Kier alpha value is -1.81. The molecule has 0 saturated heterocycles. The second-order valence-electron chi connectivity index (χ2n) is 9.79. The van der Waals surface area contributed by atoms with Crippen molar-refractivity contribution >= 4 is 5.91 Å². The summed E-state index contributed by atoms with van der Waals surface area (Å²) < 4.78 is 10.2. The molecule has 0 radical (unpaired) electrons. The van der Waals surface area contributed by atoms with Crippen LogP contribution in [0.25, 0.3) is 0 Å². The minimum atomic E-state index is 0.00479. The molecule has 4 N–H and O–H groups in total. The lowest BCUT2D eigenvalue weighted by molar-refractivity contribution is -0.607. The zero-order chi connectivity index (χ0) is 28.1. The molecule has 0 aliphatic rings. The minimum Gasteiger partial charge on any atom is -0.394 e. The summed E-state index contributed by atoms with van der Waals surface area (Å²) in [5.74, 6) is 0.0780. The van der Waals surface area contributed by atoms with Gasteiger partial charge in [-0.1, -0.05) is 42.6 Å². The predicted molar refractivity (Wildman–Crippen MR) is 153 cm³/mol. The molecular weight excluding hydrogens is 486 g/mol. The number of hydrogen-bond donors (Lipinski definition) is 4. The molecule has 38 heavy (non-hydrogen) atoms. The van der Waals surface area contributed by atoms with Crippen LogP contribution in [0.2, 0.25) is 0 Å². The third kappa shape index (κ3) is 27.2. The van der Waals surface area contributed by atoms with Crippen LogP contribution in [0.3, 0.4) is 0 Å². The predicted octanol–water partition coefficient (Wildman–Crippen LogP) is 4.37. The average Bonchev–Trinajstić information content (AvgIpc) is 2.90. The van der Waals surface area contributed by atoms with Crippen molar-refractivity contribution in [1.29, 1.82) is 0 Å². The van der Waals surface area contributed by atoms with E-state index in [1.807, 2.05) is 0 Å². The Bertz CT molecular complexity index is 586. The molecule has 0 aromatic heterocycles. The Morgan fingerprint density at radius 3 is 1.76 bits per heavy atom. The van der Waals surface area contributed by atoms with Crippen molar-refractivity contribution in [3.63, 3.8) is 0 Å². The first kappa shape index (κ1) is 36.2. The normalized spacial score (nSPS) is 12.1. The van der Waals surface area contributed by atoms with E-state index in [0.29, 0.717) is 52.5 Å². The van der Waals surface area contributed by atoms with Crippen molar-refractivity contribution in [3.05, 3.63) is 28.2 Å². The molecule has 0 unspecified atom stereocenters. The van der Waals surface area contributed by atoms with Crippen LogP contribution in [0.4, 0.5) is 0 Å². The summed E-state index contributed by atoms with van der Waals surface area (Å²) in [5, 5.41) is 20.1. The first-order valence-electron chi connectivity index (χ1n) is 14.6. The van der Waals surface area contributed by atoms with Gasteiger partial charge in [-0.15, -0.1) is 0 Å². The van der Waals surface area contributed by atoms with E-state index in [2.05, 4.69) is 36.7 Å². The van der Waals surface area contributed by atoms with E-state index >= 15 is 0 Å². The lowest BCUT2D eigenvalue weighted by Gasteiger charge is -2.06. The molecule has 0 aliphatic carbocycles. The molecule has 0 aromatic carbocycles. The summed E-state index contributed by atoms with van der Waals surface area (Å²) in [6.07, 6.45) is 18.3. The number of nitrogens with one attached hydrogen (secondary N) is 2. The Labute approximate surface area is 231 Å². The summed E-state index contributed by atoms with van der Waals surface area (Å²) in [6.45, 7) is 7.40. The molecule has 0 aliphatic heterocycles. The van der Waals surface area contributed by atoms with Crippen molar-refractivity contribution in [2.75, 3.05) is 59.3 Å². The van der Waals surface area contributed by atoms with E-state index in [1.54, 1.807) is 0 Å². The van der Waals surface area contributed by atoms with Gasteiger partial charge in [0.2, 0.25) is 12.5 Å². The maximum absolute atomic E-state index is 11.7. The Morgan fingerprint density at radius 1 is 0.711 bits per heavy atom. The van der Waals surface area contributed by atoms with Crippen LogP contribution in [0.1, 0.15) is 97.3 Å². The molecule has 0 heterocycles. The first-order chi connectivity index (χ1) is 18.5. The van der Waals surface area contributed by atoms with Gasteiger partial charge in [-0.2, -0.15) is 5.43 Å². The van der Waals surface area contributed by atoms with Gasteiger partial charge in [0.05, 0.1) is 51.1 Å². The van der Waals surface area contributed by atoms with Gasteiger partial charge in [-0.3, -0.25) is 4.79 Å². The minimum absolute atomic E-state index is 0.00479. The highest BCUT2D eigenvalue weighted by atomic mass is 16.5. The molecule has 9 heteroatoms. The number of nitrogens with zero attached hydrogens (tertiary/aromatic N) is 1. The maximum atomic E-state index is 11.7. The largest absolute Gasteiger partial charge is 0.394 e. The molecule has 222 valence electrons. The third-order valence-corrected chi connectivity index (χ3v) is 6.13. The lowest BCUT2D eigenvalue weighted by Crippen LogP contribution is -2.30. The van der Waals surface area contributed by atoms with Gasteiger partial charge < -0.3 is 25.0 Å². The number of ether oxygens (including phenoxy) is 2. The van der Waals surface area contributed by atoms with Gasteiger partial charge in [0, 0.05) is 19.4 Å². The molecule has 0 bridgehead atoms. The number of hydrogen-bond acceptors (Lipinski definition) is 6. The molecule has 9 nitrogen and oxygen atoms in total. The monoisotopic (exact) mass is 542 g/mol. The summed E-state index contributed by atoms with van der Waals surface area (Å²) >= 11 is 0. The Morgan fingerprint density at radius 2 is 1.21 bits per heavy atom. The summed E-state index contributed by atoms with van der Waals surface area (Å²) in [6, 6.07) is 0. The summed E-state index contributed by atoms with van der Waals surface area (Å²) in [4.78, 5) is 24.3. The number of rotatable bonds is 28. The number of hydrazine groups is 1. The van der Waals surface area contributed by atoms with E-state index in [4.69, 9.17) is 19.7 Å². The van der Waals surface area contributed by atoms with Crippen molar-refractivity contribution in [2.45, 2.75) is 97.3 Å². The second kappa shape index (κ2) is 28.2. The number of allylic oxidation sites excluding steroid dienone is 4. The number of carbonyl (C=O) groups excluding carboxylic acids is 1. The molecule has 1 amide bonds. The van der Waals surface area contributed by atoms with E-state index in [9.17, 15) is 9.70 Å². The molecular formula is C29H56N3O6+. The number of amides is 1. The highest BCUT2D eigenvalue weighted by Crippen LogP contribution is 2.14. The fourth-order valence-electron chi connectivity index (χ4n) is 3.93. The van der Waals surface area contributed by atoms with Gasteiger partial charge in [-0.05, 0) is 65.2 Å². The van der Waals surface area contributed by atoms with Gasteiger partial charge in [0.25, 0.3) is 0 Å². The number of unbranched alkanes of at least 4 members (excludes halogenated alkanes) is 7. The number of nitroso groups, excluding NO2 is 1. The highest BCUT2D eigenvalue weighted by Gasteiger charge is 2.06. The van der Waals surface area contributed by atoms with Crippen LogP contribution in [0.15, 0.2) is 23.3 Å². The Kier molecular flexibility index (Phi) is 26.9. The fourth-order valence-corrected chi connectivity index (χ4v) is 3.93. The van der Waals surface area contributed by atoms with Crippen molar-refractivity contribution in [1.82, 2.24) is 10.7 Å². The topological polar surface area (TPSA) is 120 Å². The van der Waals surface area contributed by atoms with Crippen molar-refractivity contribution < 1.29 is 29.4 Å². The van der Waals surface area contributed by atoms with Crippen LogP contribution < -0.4 is 10.7 Å². The lowest BCUT2D eigenvalue weighted by atomic mass is 10.0. The van der Waals surface area contributed by atoms with Gasteiger partial charge >= 0.3 is 0 Å². The third-order valence-electron chi connectivity index (χ3n) is 6.13. The zero-order valence-electron chi connectivity index (χ0n) is 24.2. The van der Waals surface area contributed by atoms with Crippen LogP contribution in [0.5, 0.6) is 0 Å². The number of aliphatic hydroxyl groups is 2. The molecule has 0 fully saturated rings. The van der Waals surface area contributed by atoms with E-state index in [0.717, 1.165) is 69.1 Å². The SMILES string of the molecule is CC(=CCCC=C(C)CCCCCC[N+](=O)NCCOCCO)CCCCCCC(=O)NCCOCCO. The maximum Gasteiger partial charge on any atom is 0.225 e. The Balaban J connectivity index is 3.60. The molecule has 0 spiro atoms. The average molecular weight is 543 g/mol. The molecule has 0 saturated carbocycles. The fraction of sp³-hybridized carbons (Fsp3) is 0.828. The summed E-state index contributed by atoms with van der Waals surface area (Å²) in [5.41, 5.74) is 5.66. The molecule has 0 rings (SSSR count). The first-order valence-corrected chi connectivity index (χ1v) is 14.6. The number of aliphatic hydroxyl groups excluding tert-OH is 2. The van der Waals surface area contributed by atoms with Crippen LogP contribution in [-0.2, 0) is 14.3 Å². The van der Waals surface area contributed by atoms with Gasteiger partial charge in [0.15, 0.2) is 0 Å². The van der Waals surface area contributed by atoms with E-state index in [-0.39, 0.29) is 19.1 Å². The van der Waals surface area contributed by atoms with Crippen molar-refractivity contribution in [3.8, 4) is 0 Å². The highest BCUT2D eigenvalue weighted by molar-refractivity contribution is 5.75. The second-order valence-corrected chi connectivity index (χ2v) is 9.79. The van der Waals surface area contributed by atoms with Gasteiger partial charge in [-0.25, -0.2) is 0 Å². The smallest absolute Gasteiger partial charge is 0.225 e. The van der Waals surface area contributed by atoms with Crippen LogP contribution >= 0.6 is 0 Å². The summed E-state index contributed by atoms with van der Waals surface area (Å²) in [7, 11) is 0. The van der Waals surface area contributed by atoms with Crippen molar-refractivity contribution in [2.24, 2.45) is 0 Å². The van der Waals surface area contributed by atoms with E-state index in [1.165, 1.54) is 24.0 Å². The molecule has 0 aromatic rings.